The number of hydrogen-bond donors (Lipinski definition) is 1. The molecule has 0 saturated carbocycles. The molecule has 0 aliphatic rings. The van der Waals surface area contributed by atoms with Crippen molar-refractivity contribution in [1.82, 2.24) is 10.2 Å². The predicted molar refractivity (Wildman–Crippen MR) is 79.1 cm³/mol. The zero-order valence-corrected chi connectivity index (χ0v) is 11.1. The van der Waals surface area contributed by atoms with Gasteiger partial charge in [0, 0.05) is 10.4 Å². The summed E-state index contributed by atoms with van der Waals surface area (Å²) in [5, 5.41) is 13.8. The summed E-state index contributed by atoms with van der Waals surface area (Å²) < 4.78 is 0. The quantitative estimate of drug-likeness (QED) is 0.781. The van der Waals surface area contributed by atoms with Crippen LogP contribution in [0.2, 0.25) is 0 Å². The van der Waals surface area contributed by atoms with Gasteiger partial charge in [-0.3, -0.25) is 0 Å². The van der Waals surface area contributed by atoms with Crippen LogP contribution in [0.25, 0.3) is 11.3 Å². The molecular weight excluding hydrogens is 254 g/mol. The molecule has 19 heavy (non-hydrogen) atoms. The van der Waals surface area contributed by atoms with E-state index in [1.807, 2.05) is 48.5 Å². The summed E-state index contributed by atoms with van der Waals surface area (Å²) >= 11 is 1.73. The van der Waals surface area contributed by atoms with Crippen LogP contribution in [0.5, 0.6) is 0 Å². The number of aromatic nitrogens is 2. The molecule has 0 amide bonds. The molecule has 2 heterocycles. The topological polar surface area (TPSA) is 37.8 Å². The van der Waals surface area contributed by atoms with E-state index < -0.39 is 0 Å². The maximum atomic E-state index is 4.24. The first kappa shape index (κ1) is 11.9. The van der Waals surface area contributed by atoms with E-state index in [2.05, 4.69) is 27.0 Å². The third-order valence-corrected chi connectivity index (χ3v) is 3.63. The second-order valence-corrected chi connectivity index (χ2v) is 5.14. The Morgan fingerprint density at radius 3 is 2.47 bits per heavy atom. The standard InChI is InChI=1S/C15H13N3S/c1-2-5-12(6-3-1)14-8-9-15(18-17-14)16-11-13-7-4-10-19-13/h1-10H,11H2,(H,16,18). The largest absolute Gasteiger partial charge is 0.364 e. The first-order valence-electron chi connectivity index (χ1n) is 6.07. The summed E-state index contributed by atoms with van der Waals surface area (Å²) in [5.74, 6) is 0.799. The van der Waals surface area contributed by atoms with E-state index >= 15 is 0 Å². The van der Waals surface area contributed by atoms with E-state index in [1.165, 1.54) is 4.88 Å². The summed E-state index contributed by atoms with van der Waals surface area (Å²) in [6.07, 6.45) is 0. The molecule has 94 valence electrons. The fraction of sp³-hybridized carbons (Fsp3) is 0.0667. The molecule has 1 N–H and O–H groups in total. The van der Waals surface area contributed by atoms with Crippen molar-refractivity contribution in [3.05, 3.63) is 64.9 Å². The molecular formula is C15H13N3S. The van der Waals surface area contributed by atoms with E-state index in [1.54, 1.807) is 11.3 Å². The maximum Gasteiger partial charge on any atom is 0.148 e. The Balaban J connectivity index is 1.69. The van der Waals surface area contributed by atoms with Crippen LogP contribution in [0.3, 0.4) is 0 Å². The molecule has 0 saturated heterocycles. The van der Waals surface area contributed by atoms with Gasteiger partial charge in [0.1, 0.15) is 5.82 Å². The molecule has 3 rings (SSSR count). The monoisotopic (exact) mass is 267 g/mol. The molecule has 1 aromatic carbocycles. The van der Waals surface area contributed by atoms with E-state index in [4.69, 9.17) is 0 Å². The average Bonchev–Trinajstić information content (AvgIpc) is 3.00. The molecule has 0 bridgehead atoms. The van der Waals surface area contributed by atoms with Gasteiger partial charge in [-0.05, 0) is 23.6 Å². The SMILES string of the molecule is c1ccc(-c2ccc(NCc3cccs3)nn2)cc1. The number of nitrogens with one attached hydrogen (secondary N) is 1. The highest BCUT2D eigenvalue weighted by Gasteiger charge is 2.00. The Hall–Kier alpha value is -2.20. The van der Waals surface area contributed by atoms with Crippen LogP contribution >= 0.6 is 11.3 Å². The van der Waals surface area contributed by atoms with Crippen LogP contribution in [0, 0.1) is 0 Å². The minimum atomic E-state index is 0.789. The molecule has 3 nitrogen and oxygen atoms in total. The van der Waals surface area contributed by atoms with Crippen LogP contribution in [0.4, 0.5) is 5.82 Å². The van der Waals surface area contributed by atoms with E-state index in [-0.39, 0.29) is 0 Å². The van der Waals surface area contributed by atoms with Crippen LogP contribution in [0.15, 0.2) is 60.0 Å². The Kier molecular flexibility index (Phi) is 3.51. The molecule has 4 heteroatoms. The summed E-state index contributed by atoms with van der Waals surface area (Å²) in [4.78, 5) is 1.29. The Morgan fingerprint density at radius 1 is 0.895 bits per heavy atom. The summed E-state index contributed by atoms with van der Waals surface area (Å²) in [6, 6.07) is 18.1. The Labute approximate surface area is 116 Å². The summed E-state index contributed by atoms with van der Waals surface area (Å²) in [7, 11) is 0. The van der Waals surface area contributed by atoms with Crippen molar-refractivity contribution in [2.75, 3.05) is 5.32 Å². The van der Waals surface area contributed by atoms with Gasteiger partial charge in [-0.25, -0.2) is 0 Å². The summed E-state index contributed by atoms with van der Waals surface area (Å²) in [6.45, 7) is 0.789. The third kappa shape index (κ3) is 2.98. The normalized spacial score (nSPS) is 10.3. The van der Waals surface area contributed by atoms with Gasteiger partial charge in [0.15, 0.2) is 0 Å². The van der Waals surface area contributed by atoms with Crippen molar-refractivity contribution in [2.24, 2.45) is 0 Å². The van der Waals surface area contributed by atoms with E-state index in [0.717, 1.165) is 23.6 Å². The van der Waals surface area contributed by atoms with Gasteiger partial charge in [-0.1, -0.05) is 36.4 Å². The molecule has 0 unspecified atom stereocenters. The van der Waals surface area contributed by atoms with Gasteiger partial charge >= 0.3 is 0 Å². The smallest absolute Gasteiger partial charge is 0.148 e. The fourth-order valence-corrected chi connectivity index (χ4v) is 2.42. The maximum absolute atomic E-state index is 4.24. The zero-order chi connectivity index (χ0) is 12.9. The summed E-state index contributed by atoms with van der Waals surface area (Å²) in [5.41, 5.74) is 1.97. The molecule has 0 atom stereocenters. The van der Waals surface area contributed by atoms with Gasteiger partial charge in [-0.15, -0.1) is 21.5 Å². The van der Waals surface area contributed by atoms with E-state index in [9.17, 15) is 0 Å². The third-order valence-electron chi connectivity index (χ3n) is 2.76. The average molecular weight is 267 g/mol. The van der Waals surface area contributed by atoms with Crippen molar-refractivity contribution in [3.63, 3.8) is 0 Å². The first-order valence-corrected chi connectivity index (χ1v) is 6.95. The fourth-order valence-electron chi connectivity index (χ4n) is 1.78. The molecule has 0 fully saturated rings. The van der Waals surface area contributed by atoms with Gasteiger partial charge in [0.25, 0.3) is 0 Å². The molecule has 2 aromatic heterocycles. The lowest BCUT2D eigenvalue weighted by Crippen LogP contribution is -2.01. The van der Waals surface area contributed by atoms with Crippen LogP contribution in [-0.2, 0) is 6.54 Å². The lowest BCUT2D eigenvalue weighted by molar-refractivity contribution is 1.01. The van der Waals surface area contributed by atoms with Crippen LogP contribution in [-0.4, -0.2) is 10.2 Å². The number of benzene rings is 1. The molecule has 3 aromatic rings. The Morgan fingerprint density at radius 2 is 1.79 bits per heavy atom. The van der Waals surface area contributed by atoms with Crippen molar-refractivity contribution in [1.29, 1.82) is 0 Å². The van der Waals surface area contributed by atoms with Crippen LogP contribution < -0.4 is 5.32 Å². The van der Waals surface area contributed by atoms with Gasteiger partial charge < -0.3 is 5.32 Å². The van der Waals surface area contributed by atoms with Gasteiger partial charge in [-0.2, -0.15) is 0 Å². The minimum Gasteiger partial charge on any atom is -0.364 e. The van der Waals surface area contributed by atoms with Crippen molar-refractivity contribution >= 4 is 17.2 Å². The van der Waals surface area contributed by atoms with Crippen LogP contribution in [0.1, 0.15) is 4.88 Å². The number of nitrogens with zero attached hydrogens (tertiary/aromatic N) is 2. The lowest BCUT2D eigenvalue weighted by Gasteiger charge is -2.04. The number of thiophene rings is 1. The predicted octanol–water partition coefficient (Wildman–Crippen LogP) is 3.82. The highest BCUT2D eigenvalue weighted by molar-refractivity contribution is 7.09. The molecule has 0 aliphatic heterocycles. The number of hydrogen-bond acceptors (Lipinski definition) is 4. The van der Waals surface area contributed by atoms with E-state index in [0.29, 0.717) is 0 Å². The minimum absolute atomic E-state index is 0.789. The lowest BCUT2D eigenvalue weighted by atomic mass is 10.1. The highest BCUT2D eigenvalue weighted by atomic mass is 32.1. The first-order chi connectivity index (χ1) is 9.42. The molecule has 0 spiro atoms. The van der Waals surface area contributed by atoms with Crippen molar-refractivity contribution in [2.45, 2.75) is 6.54 Å². The van der Waals surface area contributed by atoms with Gasteiger partial charge in [0.2, 0.25) is 0 Å². The molecule has 0 aliphatic carbocycles. The Bertz CT molecular complexity index is 618. The second-order valence-electron chi connectivity index (χ2n) is 4.10. The number of rotatable bonds is 4. The van der Waals surface area contributed by atoms with Crippen molar-refractivity contribution in [3.8, 4) is 11.3 Å². The zero-order valence-electron chi connectivity index (χ0n) is 10.3. The second kappa shape index (κ2) is 5.63. The highest BCUT2D eigenvalue weighted by Crippen LogP contribution is 2.17. The van der Waals surface area contributed by atoms with Crippen molar-refractivity contribution < 1.29 is 0 Å². The molecule has 0 radical (unpaired) electrons. The van der Waals surface area contributed by atoms with Gasteiger partial charge in [0.05, 0.1) is 12.2 Å². The number of anilines is 1.